The predicted octanol–water partition coefficient (Wildman–Crippen LogP) is 5.68. The van der Waals surface area contributed by atoms with Crippen molar-refractivity contribution in [1.82, 2.24) is 4.90 Å². The summed E-state index contributed by atoms with van der Waals surface area (Å²) in [5, 5.41) is 0.477. The average molecular weight is 445 g/mol. The van der Waals surface area contributed by atoms with Crippen molar-refractivity contribution in [3.05, 3.63) is 105 Å². The molecule has 0 spiro atoms. The fourth-order valence-electron chi connectivity index (χ4n) is 4.01. The monoisotopic (exact) mass is 444 g/mol. The number of amides is 2. The van der Waals surface area contributed by atoms with E-state index in [9.17, 15) is 9.59 Å². The highest BCUT2D eigenvalue weighted by Gasteiger charge is 2.42. The van der Waals surface area contributed by atoms with Crippen LogP contribution < -0.4 is 4.90 Å². The predicted molar refractivity (Wildman–Crippen MR) is 129 cm³/mol. The summed E-state index contributed by atoms with van der Waals surface area (Å²) in [4.78, 5) is 30.5. The molecule has 3 aromatic rings. The van der Waals surface area contributed by atoms with E-state index in [1.165, 1.54) is 4.90 Å². The summed E-state index contributed by atoms with van der Waals surface area (Å²) in [6.45, 7) is 6.41. The number of carbonyl (C=O) groups excluding carboxylic acids is 2. The third-order valence-electron chi connectivity index (χ3n) is 5.91. The Morgan fingerprint density at radius 2 is 1.50 bits per heavy atom. The second-order valence-electron chi connectivity index (χ2n) is 8.24. The quantitative estimate of drug-likeness (QED) is 0.475. The summed E-state index contributed by atoms with van der Waals surface area (Å²) in [5.74, 6) is -0.675. The number of carbonyl (C=O) groups is 2. The van der Waals surface area contributed by atoms with Crippen LogP contribution in [0.1, 0.15) is 27.8 Å². The first kappa shape index (κ1) is 21.8. The standard InChI is InChI=1S/C27H25ClN2O2/c1-17-10-12-21(14-19(17)3)24-25(29(4)16-20-8-6-5-7-9-20)27(32)30(26(24)31)23-15-22(28)13-11-18(23)2/h5-15H,16H2,1-4H3. The van der Waals surface area contributed by atoms with Gasteiger partial charge in [-0.3, -0.25) is 9.59 Å². The van der Waals surface area contributed by atoms with Crippen LogP contribution >= 0.6 is 11.6 Å². The van der Waals surface area contributed by atoms with E-state index < -0.39 is 0 Å². The van der Waals surface area contributed by atoms with Gasteiger partial charge in [0, 0.05) is 18.6 Å². The maximum Gasteiger partial charge on any atom is 0.282 e. The van der Waals surface area contributed by atoms with Gasteiger partial charge in [0.2, 0.25) is 0 Å². The number of rotatable bonds is 5. The van der Waals surface area contributed by atoms with E-state index in [4.69, 9.17) is 11.6 Å². The van der Waals surface area contributed by atoms with Crippen LogP contribution in [0.4, 0.5) is 5.69 Å². The van der Waals surface area contributed by atoms with E-state index in [2.05, 4.69) is 0 Å². The SMILES string of the molecule is Cc1ccc(C2=C(N(C)Cc3ccccc3)C(=O)N(c3cc(Cl)ccc3C)C2=O)cc1C. The van der Waals surface area contributed by atoms with E-state index >= 15 is 0 Å². The maximum atomic E-state index is 13.7. The maximum absolute atomic E-state index is 13.7. The van der Waals surface area contributed by atoms with Crippen LogP contribution in [-0.2, 0) is 16.1 Å². The Morgan fingerprint density at radius 1 is 0.812 bits per heavy atom. The van der Waals surface area contributed by atoms with Gasteiger partial charge < -0.3 is 4.90 Å². The zero-order chi connectivity index (χ0) is 23.0. The topological polar surface area (TPSA) is 40.6 Å². The third kappa shape index (κ3) is 3.94. The first-order valence-electron chi connectivity index (χ1n) is 10.5. The smallest absolute Gasteiger partial charge is 0.282 e. The van der Waals surface area contributed by atoms with Crippen LogP contribution in [0.2, 0.25) is 5.02 Å². The van der Waals surface area contributed by atoms with Crippen molar-refractivity contribution in [2.75, 3.05) is 11.9 Å². The second kappa shape index (κ2) is 8.64. The molecular weight excluding hydrogens is 420 g/mol. The molecule has 0 radical (unpaired) electrons. The van der Waals surface area contributed by atoms with Crippen molar-refractivity contribution in [2.45, 2.75) is 27.3 Å². The number of benzene rings is 3. The van der Waals surface area contributed by atoms with Crippen LogP contribution in [0.15, 0.2) is 72.4 Å². The van der Waals surface area contributed by atoms with Gasteiger partial charge in [-0.2, -0.15) is 0 Å². The van der Waals surface area contributed by atoms with Gasteiger partial charge in [0.05, 0.1) is 11.3 Å². The first-order valence-corrected chi connectivity index (χ1v) is 10.9. The summed E-state index contributed by atoms with van der Waals surface area (Å²) in [6, 6.07) is 21.0. The molecule has 0 aromatic heterocycles. The zero-order valence-electron chi connectivity index (χ0n) is 18.6. The molecule has 0 saturated carbocycles. The number of aryl methyl sites for hydroxylation is 3. The van der Waals surface area contributed by atoms with Crippen molar-refractivity contribution >= 4 is 34.7 Å². The molecule has 32 heavy (non-hydrogen) atoms. The van der Waals surface area contributed by atoms with Gasteiger partial charge >= 0.3 is 0 Å². The van der Waals surface area contributed by atoms with Crippen molar-refractivity contribution in [3.63, 3.8) is 0 Å². The molecule has 4 rings (SSSR count). The van der Waals surface area contributed by atoms with Crippen LogP contribution in [-0.4, -0.2) is 23.8 Å². The Kier molecular flexibility index (Phi) is 5.90. The number of hydrogen-bond donors (Lipinski definition) is 0. The van der Waals surface area contributed by atoms with Crippen molar-refractivity contribution in [2.24, 2.45) is 0 Å². The molecule has 3 aromatic carbocycles. The van der Waals surface area contributed by atoms with Crippen molar-refractivity contribution in [3.8, 4) is 0 Å². The van der Waals surface area contributed by atoms with Gasteiger partial charge in [-0.05, 0) is 60.7 Å². The summed E-state index contributed by atoms with van der Waals surface area (Å²) >= 11 is 6.22. The molecule has 5 heteroatoms. The van der Waals surface area contributed by atoms with Gasteiger partial charge in [0.1, 0.15) is 5.70 Å². The molecule has 0 fully saturated rings. The van der Waals surface area contributed by atoms with E-state index in [0.717, 1.165) is 27.8 Å². The minimum atomic E-state index is -0.341. The highest BCUT2D eigenvalue weighted by atomic mass is 35.5. The van der Waals surface area contributed by atoms with Crippen LogP contribution in [0.5, 0.6) is 0 Å². The molecule has 162 valence electrons. The normalized spacial score (nSPS) is 13.8. The highest BCUT2D eigenvalue weighted by Crippen LogP contribution is 2.37. The van der Waals surface area contributed by atoms with E-state index in [1.54, 1.807) is 12.1 Å². The molecule has 1 heterocycles. The largest absolute Gasteiger partial charge is 0.365 e. The van der Waals surface area contributed by atoms with Gasteiger partial charge in [0.15, 0.2) is 0 Å². The molecule has 1 aliphatic rings. The lowest BCUT2D eigenvalue weighted by Crippen LogP contribution is -2.34. The summed E-state index contributed by atoms with van der Waals surface area (Å²) in [6.07, 6.45) is 0. The van der Waals surface area contributed by atoms with Crippen molar-refractivity contribution < 1.29 is 9.59 Å². The molecule has 4 nitrogen and oxygen atoms in total. The summed E-state index contributed by atoms with van der Waals surface area (Å²) in [5.41, 5.74) is 6.12. The molecule has 2 amide bonds. The lowest BCUT2D eigenvalue weighted by molar-refractivity contribution is -0.120. The molecule has 0 saturated heterocycles. The number of anilines is 1. The Balaban J connectivity index is 1.85. The molecular formula is C27H25ClN2O2. The number of likely N-dealkylation sites (N-methyl/N-ethyl adjacent to an activating group) is 1. The Labute approximate surface area is 193 Å². The van der Waals surface area contributed by atoms with Gasteiger partial charge in [0.25, 0.3) is 11.8 Å². The number of halogens is 1. The van der Waals surface area contributed by atoms with Gasteiger partial charge in [-0.25, -0.2) is 4.90 Å². The van der Waals surface area contributed by atoms with Gasteiger partial charge in [-0.15, -0.1) is 0 Å². The Morgan fingerprint density at radius 3 is 2.19 bits per heavy atom. The second-order valence-corrected chi connectivity index (χ2v) is 8.68. The van der Waals surface area contributed by atoms with E-state index in [0.29, 0.717) is 28.5 Å². The lowest BCUT2D eigenvalue weighted by Gasteiger charge is -2.22. The Bertz CT molecular complexity index is 1250. The molecule has 0 bridgehead atoms. The molecule has 0 N–H and O–H groups in total. The first-order chi connectivity index (χ1) is 15.3. The highest BCUT2D eigenvalue weighted by molar-refractivity contribution is 6.45. The molecule has 0 atom stereocenters. The molecule has 0 unspecified atom stereocenters. The van der Waals surface area contributed by atoms with E-state index in [-0.39, 0.29) is 11.8 Å². The average Bonchev–Trinajstić information content (AvgIpc) is 3.02. The lowest BCUT2D eigenvalue weighted by atomic mass is 9.99. The summed E-state index contributed by atoms with van der Waals surface area (Å²) < 4.78 is 0. The van der Waals surface area contributed by atoms with Gasteiger partial charge in [-0.1, -0.05) is 66.2 Å². The number of nitrogens with zero attached hydrogens (tertiary/aromatic N) is 2. The fraction of sp³-hybridized carbons (Fsp3) is 0.185. The fourth-order valence-corrected chi connectivity index (χ4v) is 4.17. The van der Waals surface area contributed by atoms with Crippen LogP contribution in [0.25, 0.3) is 5.57 Å². The third-order valence-corrected chi connectivity index (χ3v) is 6.15. The number of hydrogen-bond acceptors (Lipinski definition) is 3. The van der Waals surface area contributed by atoms with Crippen molar-refractivity contribution in [1.29, 1.82) is 0 Å². The number of imide groups is 1. The van der Waals surface area contributed by atoms with Crippen LogP contribution in [0.3, 0.4) is 0 Å². The zero-order valence-corrected chi connectivity index (χ0v) is 19.4. The Hall–Kier alpha value is -3.37. The van der Waals surface area contributed by atoms with Crippen LogP contribution in [0, 0.1) is 20.8 Å². The van der Waals surface area contributed by atoms with E-state index in [1.807, 2.05) is 87.3 Å². The summed E-state index contributed by atoms with van der Waals surface area (Å²) in [7, 11) is 1.85. The molecule has 0 aliphatic carbocycles. The minimum Gasteiger partial charge on any atom is -0.365 e. The minimum absolute atomic E-state index is 0.335. The molecule has 1 aliphatic heterocycles.